The molecule has 1 amide bonds. The molecule has 0 aliphatic heterocycles. The molecule has 0 aliphatic rings. The molecule has 0 radical (unpaired) electrons. The van der Waals surface area contributed by atoms with E-state index in [1.165, 1.54) is 18.2 Å². The summed E-state index contributed by atoms with van der Waals surface area (Å²) in [5, 5.41) is 20.6. The molecular weight excluding hydrogens is 342 g/mol. The maximum atomic E-state index is 11.4. The normalized spacial score (nSPS) is 11.0. The van der Waals surface area contributed by atoms with E-state index in [2.05, 4.69) is 9.97 Å². The van der Waals surface area contributed by atoms with Crippen LogP contribution in [0.3, 0.4) is 0 Å². The minimum atomic E-state index is -0.896. The molecule has 0 bridgehead atoms. The predicted molar refractivity (Wildman–Crippen MR) is 91.5 cm³/mol. The number of hydrogen-bond acceptors (Lipinski definition) is 7. The van der Waals surface area contributed by atoms with Crippen molar-refractivity contribution in [2.24, 2.45) is 5.73 Å². The van der Waals surface area contributed by atoms with Gasteiger partial charge in [0.1, 0.15) is 11.6 Å². The van der Waals surface area contributed by atoms with Gasteiger partial charge in [0.2, 0.25) is 0 Å². The summed E-state index contributed by atoms with van der Waals surface area (Å²) in [6, 6.07) is 7.80. The molecule has 2 rings (SSSR count). The Balaban J connectivity index is 2.45. The van der Waals surface area contributed by atoms with Gasteiger partial charge in [-0.1, -0.05) is 6.07 Å². The minimum absolute atomic E-state index is 0.178. The highest BCUT2D eigenvalue weighted by Gasteiger charge is 2.17. The number of rotatable bonds is 5. The van der Waals surface area contributed by atoms with Crippen molar-refractivity contribution in [1.82, 2.24) is 9.97 Å². The number of aryl methyl sites for hydroxylation is 2. The molecule has 0 fully saturated rings. The summed E-state index contributed by atoms with van der Waals surface area (Å²) in [5.41, 5.74) is 6.46. The number of carbonyl (C=O) groups is 1. The number of carbonyl (C=O) groups excluding carboxylic acids is 1. The van der Waals surface area contributed by atoms with Gasteiger partial charge in [0.25, 0.3) is 11.6 Å². The summed E-state index contributed by atoms with van der Waals surface area (Å²) in [6.45, 7) is 3.63. The molecule has 0 spiro atoms. The zero-order valence-electron chi connectivity index (χ0n) is 13.4. The lowest BCUT2D eigenvalue weighted by atomic mass is 10.1. The molecule has 1 aromatic carbocycles. The fourth-order valence-electron chi connectivity index (χ4n) is 2.02. The van der Waals surface area contributed by atoms with Crippen molar-refractivity contribution < 1.29 is 9.72 Å². The van der Waals surface area contributed by atoms with Crippen molar-refractivity contribution >= 4 is 29.4 Å². The highest BCUT2D eigenvalue weighted by atomic mass is 32.2. The molecule has 0 saturated carbocycles. The van der Waals surface area contributed by atoms with Crippen LogP contribution in [0.25, 0.3) is 6.08 Å². The second kappa shape index (κ2) is 7.55. The lowest BCUT2D eigenvalue weighted by Gasteiger charge is -2.05. The predicted octanol–water partition coefficient (Wildman–Crippen LogP) is 2.55. The Morgan fingerprint density at radius 1 is 1.32 bits per heavy atom. The van der Waals surface area contributed by atoms with Crippen molar-refractivity contribution in [3.8, 4) is 6.07 Å². The van der Waals surface area contributed by atoms with Gasteiger partial charge in [-0.2, -0.15) is 5.26 Å². The fraction of sp³-hybridized carbons (Fsp3) is 0.125. The molecule has 0 atom stereocenters. The van der Waals surface area contributed by atoms with Gasteiger partial charge in [0, 0.05) is 17.5 Å². The summed E-state index contributed by atoms with van der Waals surface area (Å²) >= 11 is 1.07. The first-order valence-electron chi connectivity index (χ1n) is 7.00. The maximum Gasteiger partial charge on any atom is 0.283 e. The van der Waals surface area contributed by atoms with Crippen LogP contribution >= 0.6 is 11.8 Å². The van der Waals surface area contributed by atoms with Crippen LogP contribution in [0.15, 0.2) is 39.9 Å². The largest absolute Gasteiger partial charge is 0.365 e. The average Bonchev–Trinajstić information content (AvgIpc) is 2.52. The molecule has 9 heteroatoms. The molecule has 126 valence electrons. The Morgan fingerprint density at radius 2 is 1.96 bits per heavy atom. The summed E-state index contributed by atoms with van der Waals surface area (Å²) < 4.78 is 0. The van der Waals surface area contributed by atoms with Gasteiger partial charge >= 0.3 is 0 Å². The van der Waals surface area contributed by atoms with Crippen molar-refractivity contribution in [3.05, 3.63) is 56.9 Å². The van der Waals surface area contributed by atoms with Gasteiger partial charge in [-0.25, -0.2) is 9.97 Å². The van der Waals surface area contributed by atoms with Crippen molar-refractivity contribution in [3.63, 3.8) is 0 Å². The van der Waals surface area contributed by atoms with Gasteiger partial charge in [0.15, 0.2) is 5.16 Å². The van der Waals surface area contributed by atoms with Gasteiger partial charge in [-0.15, -0.1) is 0 Å². The van der Waals surface area contributed by atoms with Crippen LogP contribution in [0.4, 0.5) is 5.69 Å². The van der Waals surface area contributed by atoms with E-state index in [1.54, 1.807) is 18.2 Å². The molecule has 0 saturated heterocycles. The number of nitrogens with two attached hydrogens (primary N) is 1. The molecule has 0 aliphatic carbocycles. The van der Waals surface area contributed by atoms with Crippen LogP contribution in [0.5, 0.6) is 0 Å². The molecule has 1 heterocycles. The quantitative estimate of drug-likeness (QED) is 0.286. The first kappa shape index (κ1) is 18.1. The summed E-state index contributed by atoms with van der Waals surface area (Å²) in [6.07, 6.45) is 1.21. The first-order chi connectivity index (χ1) is 11.8. The van der Waals surface area contributed by atoms with Crippen molar-refractivity contribution in [1.29, 1.82) is 5.26 Å². The number of nitro benzene ring substituents is 1. The highest BCUT2D eigenvalue weighted by Crippen LogP contribution is 2.34. The number of aromatic nitrogens is 2. The van der Waals surface area contributed by atoms with Gasteiger partial charge < -0.3 is 5.73 Å². The standard InChI is InChI=1S/C16H13N5O3S/c1-9-5-10(2)20-16(19-9)25-14-4-3-11(7-13(14)21(23)24)6-12(8-17)15(18)22/h3-7H,1-2H3,(H2,18,22)/b12-6+. The molecular formula is C16H13N5O3S. The SMILES string of the molecule is Cc1cc(C)nc(Sc2ccc(/C=C(\C#N)C(N)=O)cc2[N+](=O)[O-])n1. The Morgan fingerprint density at radius 3 is 2.48 bits per heavy atom. The van der Waals surface area contributed by atoms with E-state index in [1.807, 2.05) is 13.8 Å². The van der Waals surface area contributed by atoms with Gasteiger partial charge in [-0.3, -0.25) is 14.9 Å². The zero-order valence-corrected chi connectivity index (χ0v) is 14.2. The number of benzene rings is 1. The number of amides is 1. The maximum absolute atomic E-state index is 11.4. The van der Waals surface area contributed by atoms with Crippen LogP contribution in [0.2, 0.25) is 0 Å². The van der Waals surface area contributed by atoms with Crippen molar-refractivity contribution in [2.75, 3.05) is 0 Å². The Labute approximate surface area is 147 Å². The number of primary amides is 1. The van der Waals surface area contributed by atoms with E-state index in [4.69, 9.17) is 11.0 Å². The second-order valence-electron chi connectivity index (χ2n) is 5.05. The fourth-order valence-corrected chi connectivity index (χ4v) is 2.97. The summed E-state index contributed by atoms with van der Waals surface area (Å²) in [4.78, 5) is 30.8. The average molecular weight is 355 g/mol. The van der Waals surface area contributed by atoms with E-state index in [-0.39, 0.29) is 11.3 Å². The van der Waals surface area contributed by atoms with Crippen LogP contribution in [-0.4, -0.2) is 20.8 Å². The van der Waals surface area contributed by atoms with E-state index in [9.17, 15) is 14.9 Å². The van der Waals surface area contributed by atoms with Crippen molar-refractivity contribution in [2.45, 2.75) is 23.9 Å². The van der Waals surface area contributed by atoms with Crippen LogP contribution in [0, 0.1) is 35.3 Å². The molecule has 2 N–H and O–H groups in total. The number of nitriles is 1. The Kier molecular flexibility index (Phi) is 5.46. The first-order valence-corrected chi connectivity index (χ1v) is 7.82. The monoisotopic (exact) mass is 355 g/mol. The topological polar surface area (TPSA) is 136 Å². The lowest BCUT2D eigenvalue weighted by Crippen LogP contribution is -2.12. The third-order valence-electron chi connectivity index (χ3n) is 3.04. The Bertz CT molecular complexity index is 914. The minimum Gasteiger partial charge on any atom is -0.365 e. The zero-order chi connectivity index (χ0) is 18.6. The number of nitro groups is 1. The Hall–Kier alpha value is -3.25. The van der Waals surface area contributed by atoms with E-state index < -0.39 is 10.8 Å². The molecule has 0 unspecified atom stereocenters. The molecule has 1 aromatic heterocycles. The number of nitrogens with zero attached hydrogens (tertiary/aromatic N) is 4. The highest BCUT2D eigenvalue weighted by molar-refractivity contribution is 7.99. The lowest BCUT2D eigenvalue weighted by molar-refractivity contribution is -0.387. The molecule has 25 heavy (non-hydrogen) atoms. The van der Waals surface area contributed by atoms with Gasteiger partial charge in [0.05, 0.1) is 9.82 Å². The third-order valence-corrected chi connectivity index (χ3v) is 3.97. The van der Waals surface area contributed by atoms with E-state index in [0.29, 0.717) is 15.6 Å². The molecule has 8 nitrogen and oxygen atoms in total. The molecule has 2 aromatic rings. The number of hydrogen-bond donors (Lipinski definition) is 1. The van der Waals surface area contributed by atoms with Crippen LogP contribution < -0.4 is 5.73 Å². The summed E-state index contributed by atoms with van der Waals surface area (Å²) in [7, 11) is 0. The van der Waals surface area contributed by atoms with E-state index in [0.717, 1.165) is 23.1 Å². The third kappa shape index (κ3) is 4.62. The van der Waals surface area contributed by atoms with Crippen LogP contribution in [0.1, 0.15) is 17.0 Å². The summed E-state index contributed by atoms with van der Waals surface area (Å²) in [5.74, 6) is -0.896. The smallest absolute Gasteiger partial charge is 0.283 e. The van der Waals surface area contributed by atoms with E-state index >= 15 is 0 Å². The van der Waals surface area contributed by atoms with Crippen LogP contribution in [-0.2, 0) is 4.79 Å². The van der Waals surface area contributed by atoms with Gasteiger partial charge in [-0.05, 0) is 49.4 Å². The second-order valence-corrected chi connectivity index (χ2v) is 6.06.